The van der Waals surface area contributed by atoms with Crippen molar-refractivity contribution < 1.29 is 4.79 Å². The number of nitrogens with one attached hydrogen (secondary N) is 1. The zero-order chi connectivity index (χ0) is 15.0. The average Bonchev–Trinajstić information content (AvgIpc) is 2.86. The Labute approximate surface area is 144 Å². The monoisotopic (exact) mass is 428 g/mol. The first-order valence-corrected chi connectivity index (χ1v) is 9.12. The lowest BCUT2D eigenvalue weighted by Gasteiger charge is -2.10. The summed E-state index contributed by atoms with van der Waals surface area (Å²) in [6.07, 6.45) is 4.62. The van der Waals surface area contributed by atoms with Gasteiger partial charge in [0.2, 0.25) is 0 Å². The number of hydrogen-bond acceptors (Lipinski definition) is 3. The van der Waals surface area contributed by atoms with E-state index in [-0.39, 0.29) is 5.91 Å². The van der Waals surface area contributed by atoms with E-state index in [2.05, 4.69) is 37.2 Å². The smallest absolute Gasteiger partial charge is 0.265 e. The van der Waals surface area contributed by atoms with E-state index in [0.717, 1.165) is 26.7 Å². The van der Waals surface area contributed by atoms with E-state index < -0.39 is 0 Å². The van der Waals surface area contributed by atoms with Crippen molar-refractivity contribution in [1.29, 1.82) is 0 Å². The molecule has 6 heteroatoms. The molecule has 21 heavy (non-hydrogen) atoms. The number of halogens is 2. The van der Waals surface area contributed by atoms with Crippen LogP contribution in [0.15, 0.2) is 27.1 Å². The number of benzene rings is 1. The van der Waals surface area contributed by atoms with Crippen LogP contribution < -0.4 is 11.1 Å². The van der Waals surface area contributed by atoms with Crippen LogP contribution in [0.5, 0.6) is 0 Å². The Hall–Kier alpha value is -0.850. The fraction of sp³-hybridized carbons (Fsp3) is 0.267. The number of rotatable bonds is 2. The maximum absolute atomic E-state index is 12.4. The maximum Gasteiger partial charge on any atom is 0.265 e. The normalized spacial score (nSPS) is 13.8. The minimum Gasteiger partial charge on any atom is -0.397 e. The molecule has 0 saturated heterocycles. The summed E-state index contributed by atoms with van der Waals surface area (Å²) in [5.41, 5.74) is 8.46. The first-order chi connectivity index (χ1) is 10.0. The van der Waals surface area contributed by atoms with E-state index >= 15 is 0 Å². The van der Waals surface area contributed by atoms with Gasteiger partial charge in [-0.15, -0.1) is 11.3 Å². The number of nitrogen functional groups attached to an aromatic ring is 1. The molecule has 0 spiro atoms. The summed E-state index contributed by atoms with van der Waals surface area (Å²) in [4.78, 5) is 14.5. The second-order valence-electron chi connectivity index (χ2n) is 5.07. The van der Waals surface area contributed by atoms with Crippen LogP contribution in [0.4, 0.5) is 11.4 Å². The van der Waals surface area contributed by atoms with Gasteiger partial charge in [-0.2, -0.15) is 0 Å². The summed E-state index contributed by atoms with van der Waals surface area (Å²) in [7, 11) is 0. The van der Waals surface area contributed by atoms with Gasteiger partial charge in [0.05, 0.1) is 16.3 Å². The van der Waals surface area contributed by atoms with Gasteiger partial charge in [-0.3, -0.25) is 4.79 Å². The number of carbonyl (C=O) groups is 1. The lowest BCUT2D eigenvalue weighted by Crippen LogP contribution is -2.12. The summed E-state index contributed by atoms with van der Waals surface area (Å²) in [5, 5.41) is 2.91. The summed E-state index contributed by atoms with van der Waals surface area (Å²) >= 11 is 8.41. The first kappa shape index (κ1) is 15.1. The number of aryl methyl sites for hydroxylation is 2. The van der Waals surface area contributed by atoms with Gasteiger partial charge in [0, 0.05) is 13.8 Å². The summed E-state index contributed by atoms with van der Waals surface area (Å²) in [6, 6.07) is 5.67. The van der Waals surface area contributed by atoms with E-state index in [0.29, 0.717) is 11.4 Å². The Balaban J connectivity index is 1.85. The number of amides is 1. The van der Waals surface area contributed by atoms with Crippen LogP contribution in [0.3, 0.4) is 0 Å². The molecule has 1 heterocycles. The third kappa shape index (κ3) is 3.17. The zero-order valence-corrected chi connectivity index (χ0v) is 15.2. The van der Waals surface area contributed by atoms with Crippen LogP contribution in [-0.4, -0.2) is 5.91 Å². The topological polar surface area (TPSA) is 55.1 Å². The van der Waals surface area contributed by atoms with Crippen molar-refractivity contribution in [3.8, 4) is 0 Å². The highest BCUT2D eigenvalue weighted by Crippen LogP contribution is 2.34. The van der Waals surface area contributed by atoms with Crippen molar-refractivity contribution in [2.24, 2.45) is 0 Å². The van der Waals surface area contributed by atoms with Crippen LogP contribution in [0, 0.1) is 0 Å². The summed E-state index contributed by atoms with van der Waals surface area (Å²) < 4.78 is 1.64. The molecule has 110 valence electrons. The second-order valence-corrected chi connectivity index (χ2v) is 7.98. The molecule has 0 aliphatic heterocycles. The number of nitrogens with two attached hydrogens (primary N) is 1. The largest absolute Gasteiger partial charge is 0.397 e. The van der Waals surface area contributed by atoms with Crippen molar-refractivity contribution in [3.63, 3.8) is 0 Å². The minimum absolute atomic E-state index is 0.0934. The van der Waals surface area contributed by atoms with Gasteiger partial charge in [-0.1, -0.05) is 15.9 Å². The van der Waals surface area contributed by atoms with Gasteiger partial charge < -0.3 is 11.1 Å². The van der Waals surface area contributed by atoms with E-state index in [4.69, 9.17) is 5.73 Å². The molecule has 0 saturated carbocycles. The highest BCUT2D eigenvalue weighted by molar-refractivity contribution is 9.11. The number of thiophene rings is 1. The van der Waals surface area contributed by atoms with Crippen molar-refractivity contribution >= 4 is 60.5 Å². The molecule has 0 atom stereocenters. The molecular weight excluding hydrogens is 416 g/mol. The van der Waals surface area contributed by atoms with Crippen molar-refractivity contribution in [2.45, 2.75) is 25.7 Å². The summed E-state index contributed by atoms with van der Waals surface area (Å²) in [6.45, 7) is 0. The number of carbonyl (C=O) groups excluding carboxylic acids is 1. The molecule has 0 radical (unpaired) electrons. The fourth-order valence-electron chi connectivity index (χ4n) is 2.50. The van der Waals surface area contributed by atoms with E-state index in [9.17, 15) is 4.79 Å². The van der Waals surface area contributed by atoms with Crippen LogP contribution in [0.1, 0.15) is 33.0 Å². The molecule has 2 aromatic rings. The fourth-order valence-corrected chi connectivity index (χ4v) is 5.01. The van der Waals surface area contributed by atoms with Crippen LogP contribution in [0.25, 0.3) is 0 Å². The quantitative estimate of drug-likeness (QED) is 0.661. The Morgan fingerprint density at radius 1 is 1.19 bits per heavy atom. The lowest BCUT2D eigenvalue weighted by molar-refractivity contribution is 0.103. The third-order valence-corrected chi connectivity index (χ3v) is 5.86. The maximum atomic E-state index is 12.4. The molecular formula is C15H14Br2N2OS. The van der Waals surface area contributed by atoms with Gasteiger partial charge in [0.25, 0.3) is 5.91 Å². The lowest BCUT2D eigenvalue weighted by atomic mass is 9.99. The van der Waals surface area contributed by atoms with Crippen LogP contribution >= 0.6 is 43.2 Å². The highest BCUT2D eigenvalue weighted by atomic mass is 79.9. The highest BCUT2D eigenvalue weighted by Gasteiger charge is 2.18. The molecule has 0 bridgehead atoms. The SMILES string of the molecule is Nc1cc(Br)cc(Br)c1NC(=O)c1cc2c(s1)CCCC2. The predicted octanol–water partition coefficient (Wildman–Crippen LogP) is 4.99. The van der Waals surface area contributed by atoms with Gasteiger partial charge >= 0.3 is 0 Å². The Kier molecular flexibility index (Phi) is 4.38. The van der Waals surface area contributed by atoms with Gasteiger partial charge in [-0.05, 0) is 65.4 Å². The Morgan fingerprint density at radius 2 is 1.95 bits per heavy atom. The van der Waals surface area contributed by atoms with E-state index in [1.54, 1.807) is 17.4 Å². The molecule has 0 unspecified atom stereocenters. The van der Waals surface area contributed by atoms with Crippen LogP contribution in [0.2, 0.25) is 0 Å². The van der Waals surface area contributed by atoms with Gasteiger partial charge in [0.1, 0.15) is 0 Å². The predicted molar refractivity (Wildman–Crippen MR) is 95.2 cm³/mol. The molecule has 1 aliphatic rings. The third-order valence-electron chi connectivity index (χ3n) is 3.54. The van der Waals surface area contributed by atoms with Crippen LogP contribution in [-0.2, 0) is 12.8 Å². The van der Waals surface area contributed by atoms with E-state index in [1.165, 1.54) is 23.3 Å². The molecule has 3 rings (SSSR count). The zero-order valence-electron chi connectivity index (χ0n) is 11.2. The molecule has 3 nitrogen and oxygen atoms in total. The molecule has 0 fully saturated rings. The van der Waals surface area contributed by atoms with Gasteiger partial charge in [0.15, 0.2) is 0 Å². The average molecular weight is 430 g/mol. The molecule has 1 aromatic carbocycles. The Bertz CT molecular complexity index is 665. The number of anilines is 2. The number of fused-ring (bicyclic) bond motifs is 1. The van der Waals surface area contributed by atoms with Crippen molar-refractivity contribution in [1.82, 2.24) is 0 Å². The second kappa shape index (κ2) is 6.10. The summed E-state index contributed by atoms with van der Waals surface area (Å²) in [5.74, 6) is -0.0934. The van der Waals surface area contributed by atoms with Crippen molar-refractivity contribution in [2.75, 3.05) is 11.1 Å². The standard InChI is InChI=1S/C15H14Br2N2OS/c16-9-6-10(17)14(11(18)7-9)19-15(20)13-5-8-3-1-2-4-12(8)21-13/h5-7H,1-4,18H2,(H,19,20). The molecule has 3 N–H and O–H groups in total. The molecule has 1 aliphatic carbocycles. The first-order valence-electron chi connectivity index (χ1n) is 6.72. The van der Waals surface area contributed by atoms with Gasteiger partial charge in [-0.25, -0.2) is 0 Å². The minimum atomic E-state index is -0.0934. The van der Waals surface area contributed by atoms with E-state index in [1.807, 2.05) is 12.1 Å². The Morgan fingerprint density at radius 3 is 2.67 bits per heavy atom. The number of hydrogen-bond donors (Lipinski definition) is 2. The molecule has 1 amide bonds. The molecule has 1 aromatic heterocycles. The van der Waals surface area contributed by atoms with Crippen molar-refractivity contribution in [3.05, 3.63) is 42.5 Å².